The summed E-state index contributed by atoms with van der Waals surface area (Å²) in [6, 6.07) is 21.5. The average molecular weight is 446 g/mol. The van der Waals surface area contributed by atoms with Crippen molar-refractivity contribution < 1.29 is 28.5 Å². The Bertz CT molecular complexity index is 1080. The molecule has 0 amide bonds. The second-order valence-corrected chi connectivity index (χ2v) is 7.29. The highest BCUT2D eigenvalue weighted by molar-refractivity contribution is 5.91. The van der Waals surface area contributed by atoms with Crippen LogP contribution in [0.5, 0.6) is 17.2 Å². The Hall–Kier alpha value is -4.06. The molecular weight excluding hydrogens is 420 g/mol. The van der Waals surface area contributed by atoms with Gasteiger partial charge in [0.25, 0.3) is 0 Å². The summed E-state index contributed by atoms with van der Waals surface area (Å²) in [4.78, 5) is 23.8. The number of hydrogen-bond donors (Lipinski definition) is 0. The number of rotatable bonds is 10. The van der Waals surface area contributed by atoms with Gasteiger partial charge in [-0.3, -0.25) is 0 Å². The molecule has 0 fully saturated rings. The minimum atomic E-state index is -0.528. The fourth-order valence-corrected chi connectivity index (χ4v) is 2.81. The fourth-order valence-electron chi connectivity index (χ4n) is 2.81. The summed E-state index contributed by atoms with van der Waals surface area (Å²) in [7, 11) is 0. The normalized spacial score (nSPS) is 10.2. The molecule has 6 heteroatoms. The molecule has 0 aliphatic rings. The smallest absolute Gasteiger partial charge is 0.343 e. The molecule has 0 saturated heterocycles. The van der Waals surface area contributed by atoms with E-state index in [1.54, 1.807) is 43.3 Å². The molecule has 0 aromatic heterocycles. The van der Waals surface area contributed by atoms with E-state index in [9.17, 15) is 9.59 Å². The van der Waals surface area contributed by atoms with E-state index in [2.05, 4.69) is 13.5 Å². The first-order valence-corrected chi connectivity index (χ1v) is 10.6. The largest absolute Gasteiger partial charge is 0.494 e. The lowest BCUT2D eigenvalue weighted by molar-refractivity contribution is -0.145. The van der Waals surface area contributed by atoms with Crippen LogP contribution in [0.2, 0.25) is 0 Å². The van der Waals surface area contributed by atoms with Crippen LogP contribution in [-0.2, 0) is 9.53 Å². The zero-order valence-electron chi connectivity index (χ0n) is 18.7. The first-order valence-electron chi connectivity index (χ1n) is 10.6. The molecule has 0 aliphatic carbocycles. The predicted octanol–water partition coefficient (Wildman–Crippen LogP) is 5.82. The highest BCUT2D eigenvalue weighted by atomic mass is 16.7. The van der Waals surface area contributed by atoms with E-state index in [1.165, 1.54) is 0 Å². The minimum Gasteiger partial charge on any atom is -0.494 e. The van der Waals surface area contributed by atoms with Crippen molar-refractivity contribution in [2.24, 2.45) is 0 Å². The number of esters is 2. The van der Waals surface area contributed by atoms with E-state index in [4.69, 9.17) is 18.9 Å². The van der Waals surface area contributed by atoms with Gasteiger partial charge in [0.1, 0.15) is 17.2 Å². The van der Waals surface area contributed by atoms with Crippen LogP contribution in [-0.4, -0.2) is 25.3 Å². The first-order chi connectivity index (χ1) is 16.0. The monoisotopic (exact) mass is 446 g/mol. The van der Waals surface area contributed by atoms with Gasteiger partial charge in [-0.1, -0.05) is 37.8 Å². The molecule has 6 nitrogen and oxygen atoms in total. The van der Waals surface area contributed by atoms with Crippen LogP contribution in [0.1, 0.15) is 30.6 Å². The number of hydrogen-bond acceptors (Lipinski definition) is 6. The Morgan fingerprint density at radius 3 is 1.82 bits per heavy atom. The molecule has 3 aromatic carbocycles. The molecule has 0 spiro atoms. The van der Waals surface area contributed by atoms with Gasteiger partial charge in [-0.15, -0.1) is 0 Å². The molecule has 0 atom stereocenters. The maximum atomic E-state index is 12.4. The molecule has 3 rings (SSSR count). The zero-order valence-corrected chi connectivity index (χ0v) is 18.7. The molecule has 0 N–H and O–H groups in total. The molecule has 0 heterocycles. The van der Waals surface area contributed by atoms with Crippen molar-refractivity contribution in [3.8, 4) is 28.4 Å². The van der Waals surface area contributed by atoms with E-state index in [-0.39, 0.29) is 6.79 Å². The second kappa shape index (κ2) is 11.5. The van der Waals surface area contributed by atoms with Crippen molar-refractivity contribution in [3.05, 3.63) is 90.5 Å². The van der Waals surface area contributed by atoms with Gasteiger partial charge in [0.15, 0.2) is 0 Å². The van der Waals surface area contributed by atoms with Crippen molar-refractivity contribution >= 4 is 11.9 Å². The van der Waals surface area contributed by atoms with Gasteiger partial charge in [-0.05, 0) is 73.0 Å². The molecule has 0 radical (unpaired) electrons. The third kappa shape index (κ3) is 6.97. The van der Waals surface area contributed by atoms with Crippen molar-refractivity contribution in [1.82, 2.24) is 0 Å². The lowest BCUT2D eigenvalue weighted by Crippen LogP contribution is -2.11. The van der Waals surface area contributed by atoms with Gasteiger partial charge in [0.05, 0.1) is 12.2 Å². The van der Waals surface area contributed by atoms with Crippen LogP contribution in [0.3, 0.4) is 0 Å². The number of carbonyl (C=O) groups excluding carboxylic acids is 2. The lowest BCUT2D eigenvalue weighted by Gasteiger charge is -2.09. The van der Waals surface area contributed by atoms with Crippen LogP contribution in [0.4, 0.5) is 0 Å². The molecule has 0 unspecified atom stereocenters. The summed E-state index contributed by atoms with van der Waals surface area (Å²) in [6.45, 7) is 7.57. The SMILES string of the molecule is C=C(C)C(=O)OCOc1ccc(C(=O)Oc2ccc(-c3ccc(OCCC)cc3)cc2)cc1. The fraction of sp³-hybridized carbons (Fsp3) is 0.185. The molecule has 33 heavy (non-hydrogen) atoms. The van der Waals surface area contributed by atoms with Crippen LogP contribution in [0, 0.1) is 0 Å². The Labute approximate surface area is 193 Å². The molecule has 0 saturated carbocycles. The molecule has 0 aliphatic heterocycles. The van der Waals surface area contributed by atoms with Gasteiger partial charge in [0, 0.05) is 5.57 Å². The molecule has 170 valence electrons. The van der Waals surface area contributed by atoms with Gasteiger partial charge in [-0.2, -0.15) is 0 Å². The van der Waals surface area contributed by atoms with Crippen molar-refractivity contribution in [2.45, 2.75) is 20.3 Å². The lowest BCUT2D eigenvalue weighted by atomic mass is 10.1. The Kier molecular flexibility index (Phi) is 8.24. The Morgan fingerprint density at radius 2 is 1.27 bits per heavy atom. The Balaban J connectivity index is 1.53. The van der Waals surface area contributed by atoms with Gasteiger partial charge >= 0.3 is 11.9 Å². The van der Waals surface area contributed by atoms with Gasteiger partial charge in [-0.25, -0.2) is 9.59 Å². The molecule has 0 bridgehead atoms. The standard InChI is InChI=1S/C27H26O6/c1-4-17-30-23-11-5-20(6-12-23)21-7-15-25(16-8-21)33-27(29)22-9-13-24(14-10-22)31-18-32-26(28)19(2)3/h5-16H,2,4,17-18H2,1,3H3. The topological polar surface area (TPSA) is 71.1 Å². The van der Waals surface area contributed by atoms with Crippen molar-refractivity contribution in [3.63, 3.8) is 0 Å². The first kappa shape index (κ1) is 23.6. The summed E-state index contributed by atoms with van der Waals surface area (Å²) in [6.07, 6.45) is 0.965. The quantitative estimate of drug-likeness (QED) is 0.169. The van der Waals surface area contributed by atoms with Crippen molar-refractivity contribution in [1.29, 1.82) is 0 Å². The minimum absolute atomic E-state index is 0.240. The maximum absolute atomic E-state index is 12.4. The average Bonchev–Trinajstić information content (AvgIpc) is 2.84. The van der Waals surface area contributed by atoms with Crippen LogP contribution >= 0.6 is 0 Å². The summed E-state index contributed by atoms with van der Waals surface area (Å²) in [5.74, 6) is 0.727. The van der Waals surface area contributed by atoms with E-state index >= 15 is 0 Å². The summed E-state index contributed by atoms with van der Waals surface area (Å²) in [5, 5.41) is 0. The Morgan fingerprint density at radius 1 is 0.758 bits per heavy atom. The third-order valence-electron chi connectivity index (χ3n) is 4.58. The van der Waals surface area contributed by atoms with Crippen LogP contribution < -0.4 is 14.2 Å². The van der Waals surface area contributed by atoms with E-state index in [0.717, 1.165) is 23.3 Å². The van der Waals surface area contributed by atoms with Crippen LogP contribution in [0.25, 0.3) is 11.1 Å². The summed E-state index contributed by atoms with van der Waals surface area (Å²) < 4.78 is 21.2. The maximum Gasteiger partial charge on any atom is 0.343 e. The van der Waals surface area contributed by atoms with E-state index in [1.807, 2.05) is 36.4 Å². The second-order valence-electron chi connectivity index (χ2n) is 7.29. The summed E-state index contributed by atoms with van der Waals surface area (Å²) in [5.41, 5.74) is 2.71. The van der Waals surface area contributed by atoms with E-state index < -0.39 is 11.9 Å². The zero-order chi connectivity index (χ0) is 23.6. The predicted molar refractivity (Wildman–Crippen MR) is 125 cm³/mol. The highest BCUT2D eigenvalue weighted by Crippen LogP contribution is 2.25. The summed E-state index contributed by atoms with van der Waals surface area (Å²) >= 11 is 0. The molecular formula is C27H26O6. The van der Waals surface area contributed by atoms with Crippen molar-refractivity contribution in [2.75, 3.05) is 13.4 Å². The van der Waals surface area contributed by atoms with Gasteiger partial charge in [0.2, 0.25) is 6.79 Å². The molecule has 3 aromatic rings. The number of carbonyl (C=O) groups is 2. The van der Waals surface area contributed by atoms with Gasteiger partial charge < -0.3 is 18.9 Å². The highest BCUT2D eigenvalue weighted by Gasteiger charge is 2.10. The number of benzene rings is 3. The van der Waals surface area contributed by atoms with E-state index in [0.29, 0.717) is 29.2 Å². The number of ether oxygens (including phenoxy) is 4. The van der Waals surface area contributed by atoms with Crippen LogP contribution in [0.15, 0.2) is 84.9 Å². The third-order valence-corrected chi connectivity index (χ3v) is 4.58.